The lowest BCUT2D eigenvalue weighted by atomic mass is 10.1. The van der Waals surface area contributed by atoms with Gasteiger partial charge >= 0.3 is 0 Å². The average molecular weight is 378 g/mol. The van der Waals surface area contributed by atoms with Gasteiger partial charge in [-0.15, -0.1) is 0 Å². The lowest BCUT2D eigenvalue weighted by Crippen LogP contribution is -2.44. The first kappa shape index (κ1) is 19.0. The Morgan fingerprint density at radius 2 is 1.96 bits per heavy atom. The Bertz CT molecular complexity index is 784. The van der Waals surface area contributed by atoms with E-state index in [4.69, 9.17) is 4.52 Å². The number of unbranched alkanes of at least 4 members (excludes halogenated alkanes) is 1. The van der Waals surface area contributed by atoms with Crippen LogP contribution >= 0.6 is 0 Å². The zero-order valence-electron chi connectivity index (χ0n) is 15.1. The Balaban J connectivity index is 1.48. The Morgan fingerprint density at radius 1 is 1.23 bits per heavy atom. The molecule has 1 aromatic heterocycles. The number of nitrogens with one attached hydrogen (secondary N) is 1. The fourth-order valence-corrected chi connectivity index (χ4v) is 4.40. The van der Waals surface area contributed by atoms with Crippen LogP contribution in [0.15, 0.2) is 39.8 Å². The molecule has 1 saturated heterocycles. The van der Waals surface area contributed by atoms with Crippen LogP contribution in [0.3, 0.4) is 0 Å². The molecule has 1 aliphatic rings. The van der Waals surface area contributed by atoms with Crippen LogP contribution in [0.2, 0.25) is 0 Å². The molecule has 0 bridgehead atoms. The van der Waals surface area contributed by atoms with Crippen molar-refractivity contribution in [3.05, 3.63) is 42.0 Å². The van der Waals surface area contributed by atoms with Crippen LogP contribution in [0.5, 0.6) is 0 Å². The van der Waals surface area contributed by atoms with Gasteiger partial charge in [0, 0.05) is 25.6 Å². The van der Waals surface area contributed by atoms with Crippen molar-refractivity contribution in [2.75, 3.05) is 13.1 Å². The highest BCUT2D eigenvalue weighted by Gasteiger charge is 2.25. The lowest BCUT2D eigenvalue weighted by Gasteiger charge is -2.31. The van der Waals surface area contributed by atoms with Crippen LogP contribution in [0, 0.1) is 0 Å². The Hall–Kier alpha value is -1.77. The normalized spacial score (nSPS) is 16.8. The number of benzene rings is 1. The first-order valence-corrected chi connectivity index (χ1v) is 10.7. The Kier molecular flexibility index (Phi) is 6.39. The summed E-state index contributed by atoms with van der Waals surface area (Å²) in [5, 5.41) is 4.01. The van der Waals surface area contributed by atoms with Crippen molar-refractivity contribution in [3.8, 4) is 0 Å². The van der Waals surface area contributed by atoms with Crippen LogP contribution in [-0.4, -0.2) is 42.6 Å². The molecular formula is C18H26N4O3S. The van der Waals surface area contributed by atoms with Gasteiger partial charge in [-0.1, -0.05) is 36.7 Å². The molecule has 1 aromatic carbocycles. The summed E-state index contributed by atoms with van der Waals surface area (Å²) in [6.45, 7) is 4.36. The molecule has 1 fully saturated rings. The zero-order chi connectivity index (χ0) is 18.4. The number of hydrogen-bond donors (Lipinski definition) is 1. The standard InChI is InChI=1S/C18H26N4O3S/c1-2-3-9-17-19-18(25-20-17)14-22-12-10-15(11-13-22)21-26(23,24)16-7-5-4-6-8-16/h4-8,15,21H,2-3,9-14H2,1H3. The first-order chi connectivity index (χ1) is 12.6. The Labute approximate surface area is 154 Å². The fourth-order valence-electron chi connectivity index (χ4n) is 3.08. The van der Waals surface area contributed by atoms with Gasteiger partial charge < -0.3 is 4.52 Å². The topological polar surface area (TPSA) is 88.3 Å². The maximum absolute atomic E-state index is 12.4. The number of hydrogen-bond acceptors (Lipinski definition) is 6. The van der Waals surface area contributed by atoms with Gasteiger partial charge in [0.2, 0.25) is 15.9 Å². The summed E-state index contributed by atoms with van der Waals surface area (Å²) in [6, 6.07) is 8.46. The summed E-state index contributed by atoms with van der Waals surface area (Å²) in [5.41, 5.74) is 0. The third-order valence-corrected chi connectivity index (χ3v) is 6.12. The van der Waals surface area contributed by atoms with Crippen molar-refractivity contribution in [1.82, 2.24) is 19.8 Å². The molecule has 0 aliphatic carbocycles. The molecule has 2 heterocycles. The minimum Gasteiger partial charge on any atom is -0.338 e. The Morgan fingerprint density at radius 3 is 2.65 bits per heavy atom. The van der Waals surface area contributed by atoms with Gasteiger partial charge in [0.15, 0.2) is 5.82 Å². The summed E-state index contributed by atoms with van der Waals surface area (Å²) in [6.07, 6.45) is 4.55. The maximum Gasteiger partial charge on any atom is 0.240 e. The molecule has 1 aliphatic heterocycles. The number of likely N-dealkylation sites (tertiary alicyclic amines) is 1. The number of sulfonamides is 1. The van der Waals surface area contributed by atoms with E-state index in [-0.39, 0.29) is 6.04 Å². The highest BCUT2D eigenvalue weighted by Crippen LogP contribution is 2.16. The molecule has 1 N–H and O–H groups in total. The van der Waals surface area contributed by atoms with Gasteiger partial charge in [-0.2, -0.15) is 4.98 Å². The van der Waals surface area contributed by atoms with Crippen LogP contribution in [-0.2, 0) is 23.0 Å². The third-order valence-electron chi connectivity index (χ3n) is 4.59. The molecule has 0 amide bonds. The molecule has 142 valence electrons. The molecule has 8 heteroatoms. The van der Waals surface area contributed by atoms with Crippen molar-refractivity contribution < 1.29 is 12.9 Å². The fraction of sp³-hybridized carbons (Fsp3) is 0.556. The van der Waals surface area contributed by atoms with E-state index in [2.05, 4.69) is 26.7 Å². The van der Waals surface area contributed by atoms with Gasteiger partial charge in [-0.05, 0) is 31.4 Å². The summed E-state index contributed by atoms with van der Waals surface area (Å²) in [4.78, 5) is 6.97. The van der Waals surface area contributed by atoms with E-state index >= 15 is 0 Å². The average Bonchev–Trinajstić information content (AvgIpc) is 3.09. The van der Waals surface area contributed by atoms with Gasteiger partial charge in [-0.25, -0.2) is 13.1 Å². The molecule has 0 spiro atoms. The van der Waals surface area contributed by atoms with Crippen LogP contribution in [0.4, 0.5) is 0 Å². The van der Waals surface area contributed by atoms with E-state index in [0.29, 0.717) is 17.3 Å². The van der Waals surface area contributed by atoms with E-state index < -0.39 is 10.0 Å². The molecular weight excluding hydrogens is 352 g/mol. The summed E-state index contributed by atoms with van der Waals surface area (Å²) in [7, 11) is -3.45. The molecule has 0 unspecified atom stereocenters. The summed E-state index contributed by atoms with van der Waals surface area (Å²) in [5.74, 6) is 1.41. The summed E-state index contributed by atoms with van der Waals surface area (Å²) >= 11 is 0. The van der Waals surface area contributed by atoms with Crippen LogP contribution in [0.25, 0.3) is 0 Å². The van der Waals surface area contributed by atoms with E-state index in [1.165, 1.54) is 0 Å². The predicted octanol–water partition coefficient (Wildman–Crippen LogP) is 2.36. The molecule has 0 saturated carbocycles. The van der Waals surface area contributed by atoms with Crippen molar-refractivity contribution in [2.24, 2.45) is 0 Å². The van der Waals surface area contributed by atoms with E-state index in [0.717, 1.165) is 51.0 Å². The highest BCUT2D eigenvalue weighted by atomic mass is 32.2. The van der Waals surface area contributed by atoms with Gasteiger partial charge in [-0.3, -0.25) is 4.90 Å². The van der Waals surface area contributed by atoms with Gasteiger partial charge in [0.25, 0.3) is 0 Å². The highest BCUT2D eigenvalue weighted by molar-refractivity contribution is 7.89. The van der Waals surface area contributed by atoms with Gasteiger partial charge in [0.1, 0.15) is 0 Å². The molecule has 26 heavy (non-hydrogen) atoms. The number of rotatable bonds is 8. The third kappa shape index (κ3) is 5.12. The summed E-state index contributed by atoms with van der Waals surface area (Å²) < 4.78 is 32.9. The van der Waals surface area contributed by atoms with Crippen molar-refractivity contribution in [1.29, 1.82) is 0 Å². The number of nitrogens with zero attached hydrogens (tertiary/aromatic N) is 3. The number of piperidine rings is 1. The van der Waals surface area contributed by atoms with E-state index in [1.54, 1.807) is 24.3 Å². The lowest BCUT2D eigenvalue weighted by molar-refractivity contribution is 0.177. The molecule has 2 aromatic rings. The number of aromatic nitrogens is 2. The van der Waals surface area contributed by atoms with Crippen molar-refractivity contribution >= 4 is 10.0 Å². The molecule has 3 rings (SSSR count). The number of aryl methyl sites for hydroxylation is 1. The SMILES string of the molecule is CCCCc1noc(CN2CCC(NS(=O)(=O)c3ccccc3)CC2)n1. The molecule has 0 radical (unpaired) electrons. The molecule has 7 nitrogen and oxygen atoms in total. The second kappa shape index (κ2) is 8.75. The monoisotopic (exact) mass is 378 g/mol. The minimum atomic E-state index is -3.45. The van der Waals surface area contributed by atoms with Crippen LogP contribution in [0.1, 0.15) is 44.3 Å². The minimum absolute atomic E-state index is 0.0424. The quantitative estimate of drug-likeness (QED) is 0.759. The zero-order valence-corrected chi connectivity index (χ0v) is 15.9. The molecule has 0 atom stereocenters. The van der Waals surface area contributed by atoms with Crippen LogP contribution < -0.4 is 4.72 Å². The van der Waals surface area contributed by atoms with E-state index in [1.807, 2.05) is 6.07 Å². The van der Waals surface area contributed by atoms with E-state index in [9.17, 15) is 8.42 Å². The van der Waals surface area contributed by atoms with Crippen molar-refractivity contribution in [2.45, 2.75) is 56.5 Å². The maximum atomic E-state index is 12.4. The van der Waals surface area contributed by atoms with Gasteiger partial charge in [0.05, 0.1) is 11.4 Å². The predicted molar refractivity (Wildman–Crippen MR) is 98.0 cm³/mol. The van der Waals surface area contributed by atoms with Crippen molar-refractivity contribution in [3.63, 3.8) is 0 Å². The first-order valence-electron chi connectivity index (χ1n) is 9.18. The largest absolute Gasteiger partial charge is 0.338 e. The smallest absolute Gasteiger partial charge is 0.240 e. The second-order valence-corrected chi connectivity index (χ2v) is 8.41. The second-order valence-electron chi connectivity index (χ2n) is 6.69.